The van der Waals surface area contributed by atoms with Crippen LogP contribution >= 0.6 is 11.6 Å². The lowest BCUT2D eigenvalue weighted by atomic mass is 9.95. The van der Waals surface area contributed by atoms with Crippen LogP contribution in [-0.2, 0) is 29.1 Å². The zero-order valence-electron chi connectivity index (χ0n) is 18.8. The molecule has 3 aromatic carbocycles. The summed E-state index contributed by atoms with van der Waals surface area (Å²) in [5.41, 5.74) is 7.15. The minimum absolute atomic E-state index is 0.152. The van der Waals surface area contributed by atoms with E-state index < -0.39 is 0 Å². The molecule has 0 saturated carbocycles. The molecule has 0 N–H and O–H groups in total. The van der Waals surface area contributed by atoms with Gasteiger partial charge in [0.1, 0.15) is 5.70 Å². The molecule has 0 bridgehead atoms. The van der Waals surface area contributed by atoms with Crippen molar-refractivity contribution >= 4 is 29.0 Å². The van der Waals surface area contributed by atoms with Gasteiger partial charge in [0.25, 0.3) is 11.8 Å². The SMILES string of the molecule is Cc1ccc(C2=C(N3CCc4ccccc4C3)C(=O)N(Cc3ccccc3Cl)C2=O)c(C)c1. The van der Waals surface area contributed by atoms with Gasteiger partial charge in [0, 0.05) is 18.1 Å². The summed E-state index contributed by atoms with van der Waals surface area (Å²) in [5.74, 6) is -0.519. The Labute approximate surface area is 199 Å². The molecule has 0 aromatic heterocycles. The van der Waals surface area contributed by atoms with E-state index >= 15 is 0 Å². The van der Waals surface area contributed by atoms with Crippen LogP contribution in [0.4, 0.5) is 0 Å². The van der Waals surface area contributed by atoms with Crippen molar-refractivity contribution in [3.05, 3.63) is 111 Å². The summed E-state index contributed by atoms with van der Waals surface area (Å²) in [6, 6.07) is 21.7. The number of hydrogen-bond donors (Lipinski definition) is 0. The Balaban J connectivity index is 1.59. The number of benzene rings is 3. The van der Waals surface area contributed by atoms with Crippen molar-refractivity contribution in [2.45, 2.75) is 33.4 Å². The smallest absolute Gasteiger partial charge is 0.278 e. The van der Waals surface area contributed by atoms with Crippen LogP contribution in [0.2, 0.25) is 5.02 Å². The van der Waals surface area contributed by atoms with Gasteiger partial charge in [0.05, 0.1) is 12.1 Å². The van der Waals surface area contributed by atoms with Crippen LogP contribution in [-0.4, -0.2) is 28.2 Å². The van der Waals surface area contributed by atoms with Crippen LogP contribution in [0, 0.1) is 13.8 Å². The van der Waals surface area contributed by atoms with Crippen molar-refractivity contribution in [3.8, 4) is 0 Å². The molecule has 0 spiro atoms. The van der Waals surface area contributed by atoms with Crippen molar-refractivity contribution in [2.75, 3.05) is 6.54 Å². The molecule has 33 heavy (non-hydrogen) atoms. The van der Waals surface area contributed by atoms with E-state index in [0.717, 1.165) is 28.7 Å². The van der Waals surface area contributed by atoms with Gasteiger partial charge in [-0.2, -0.15) is 0 Å². The van der Waals surface area contributed by atoms with Gasteiger partial charge in [0.2, 0.25) is 0 Å². The predicted molar refractivity (Wildman–Crippen MR) is 130 cm³/mol. The molecule has 5 rings (SSSR count). The van der Waals surface area contributed by atoms with E-state index in [-0.39, 0.29) is 18.4 Å². The van der Waals surface area contributed by atoms with Gasteiger partial charge >= 0.3 is 0 Å². The van der Waals surface area contributed by atoms with Crippen LogP contribution in [0.1, 0.15) is 33.4 Å². The van der Waals surface area contributed by atoms with Crippen LogP contribution in [0.5, 0.6) is 0 Å². The van der Waals surface area contributed by atoms with Crippen molar-refractivity contribution in [1.82, 2.24) is 9.80 Å². The fourth-order valence-corrected chi connectivity index (χ4v) is 5.02. The predicted octanol–water partition coefficient (Wildman–Crippen LogP) is 5.30. The molecular formula is C28H25ClN2O2. The maximum Gasteiger partial charge on any atom is 0.278 e. The number of aryl methyl sites for hydroxylation is 2. The molecule has 4 nitrogen and oxygen atoms in total. The van der Waals surface area contributed by atoms with E-state index in [1.54, 1.807) is 6.07 Å². The number of halogens is 1. The van der Waals surface area contributed by atoms with Crippen molar-refractivity contribution in [3.63, 3.8) is 0 Å². The molecule has 2 heterocycles. The topological polar surface area (TPSA) is 40.6 Å². The van der Waals surface area contributed by atoms with Crippen molar-refractivity contribution < 1.29 is 9.59 Å². The number of fused-ring (bicyclic) bond motifs is 1. The summed E-state index contributed by atoms with van der Waals surface area (Å²) >= 11 is 6.36. The maximum atomic E-state index is 13.8. The van der Waals surface area contributed by atoms with Crippen LogP contribution in [0.25, 0.3) is 5.57 Å². The number of rotatable bonds is 4. The minimum Gasteiger partial charge on any atom is -0.362 e. The first-order valence-electron chi connectivity index (χ1n) is 11.2. The Hall–Kier alpha value is -3.37. The third-order valence-corrected chi connectivity index (χ3v) is 6.90. The molecule has 0 saturated heterocycles. The molecule has 0 radical (unpaired) electrons. The van der Waals surface area contributed by atoms with Gasteiger partial charge in [-0.05, 0) is 54.2 Å². The zero-order chi connectivity index (χ0) is 23.1. The fourth-order valence-electron chi connectivity index (χ4n) is 4.82. The molecule has 166 valence electrons. The van der Waals surface area contributed by atoms with Crippen LogP contribution in [0.15, 0.2) is 72.4 Å². The second kappa shape index (κ2) is 8.53. The number of hydrogen-bond acceptors (Lipinski definition) is 3. The first kappa shape index (κ1) is 21.5. The molecular weight excluding hydrogens is 432 g/mol. The third kappa shape index (κ3) is 3.85. The van der Waals surface area contributed by atoms with Gasteiger partial charge < -0.3 is 4.90 Å². The lowest BCUT2D eigenvalue weighted by Crippen LogP contribution is -2.37. The molecule has 2 amide bonds. The molecule has 0 unspecified atom stereocenters. The number of amides is 2. The maximum absolute atomic E-state index is 13.8. The highest BCUT2D eigenvalue weighted by molar-refractivity contribution is 6.36. The highest BCUT2D eigenvalue weighted by atomic mass is 35.5. The Morgan fingerprint density at radius 1 is 0.879 bits per heavy atom. The molecule has 0 fully saturated rings. The summed E-state index contributed by atoms with van der Waals surface area (Å²) in [6.07, 6.45) is 0.839. The first-order chi connectivity index (χ1) is 15.9. The summed E-state index contributed by atoms with van der Waals surface area (Å²) < 4.78 is 0. The van der Waals surface area contributed by atoms with Crippen molar-refractivity contribution in [1.29, 1.82) is 0 Å². The number of nitrogens with zero attached hydrogens (tertiary/aromatic N) is 2. The Bertz CT molecular complexity index is 1310. The monoisotopic (exact) mass is 456 g/mol. The average molecular weight is 457 g/mol. The number of carbonyl (C=O) groups is 2. The number of carbonyl (C=O) groups excluding carboxylic acids is 2. The Morgan fingerprint density at radius 2 is 1.61 bits per heavy atom. The highest BCUT2D eigenvalue weighted by Crippen LogP contribution is 2.37. The standard InChI is InChI=1S/C28H25ClN2O2/c1-18-11-12-23(19(2)15-18)25-26(30-14-13-20-7-3-4-8-21(20)16-30)28(33)31(27(25)32)17-22-9-5-6-10-24(22)29/h3-12,15H,13-14,16-17H2,1-2H3. The van der Waals surface area contributed by atoms with E-state index in [9.17, 15) is 9.59 Å². The summed E-state index contributed by atoms with van der Waals surface area (Å²) in [6.45, 7) is 5.48. The van der Waals surface area contributed by atoms with Gasteiger partial charge in [-0.25, -0.2) is 0 Å². The van der Waals surface area contributed by atoms with E-state index in [0.29, 0.717) is 29.4 Å². The summed E-state index contributed by atoms with van der Waals surface area (Å²) in [4.78, 5) is 30.9. The lowest BCUT2D eigenvalue weighted by Gasteiger charge is -2.31. The summed E-state index contributed by atoms with van der Waals surface area (Å²) in [5, 5.41) is 0.548. The van der Waals surface area contributed by atoms with Gasteiger partial charge in [-0.3, -0.25) is 14.5 Å². The second-order valence-electron chi connectivity index (χ2n) is 8.77. The summed E-state index contributed by atoms with van der Waals surface area (Å²) in [7, 11) is 0. The van der Waals surface area contributed by atoms with Gasteiger partial charge in [-0.1, -0.05) is 77.8 Å². The average Bonchev–Trinajstić information content (AvgIpc) is 3.05. The van der Waals surface area contributed by atoms with E-state index in [2.05, 4.69) is 23.1 Å². The third-order valence-electron chi connectivity index (χ3n) is 6.53. The molecule has 2 aliphatic rings. The molecule has 5 heteroatoms. The van der Waals surface area contributed by atoms with E-state index in [1.807, 2.05) is 56.3 Å². The normalized spacial score (nSPS) is 16.0. The largest absolute Gasteiger partial charge is 0.362 e. The molecule has 0 atom stereocenters. The first-order valence-corrected chi connectivity index (χ1v) is 11.5. The van der Waals surface area contributed by atoms with E-state index in [4.69, 9.17) is 11.6 Å². The van der Waals surface area contributed by atoms with Gasteiger partial charge in [0.15, 0.2) is 0 Å². The van der Waals surface area contributed by atoms with Crippen LogP contribution in [0.3, 0.4) is 0 Å². The lowest BCUT2D eigenvalue weighted by molar-refractivity contribution is -0.138. The highest BCUT2D eigenvalue weighted by Gasteiger charge is 2.42. The quantitative estimate of drug-likeness (QED) is 0.500. The molecule has 2 aliphatic heterocycles. The van der Waals surface area contributed by atoms with E-state index in [1.165, 1.54) is 16.0 Å². The van der Waals surface area contributed by atoms with Crippen molar-refractivity contribution in [2.24, 2.45) is 0 Å². The fraction of sp³-hybridized carbons (Fsp3) is 0.214. The second-order valence-corrected chi connectivity index (χ2v) is 9.18. The van der Waals surface area contributed by atoms with Gasteiger partial charge in [-0.15, -0.1) is 0 Å². The number of imide groups is 1. The Kier molecular flexibility index (Phi) is 5.55. The molecule has 0 aliphatic carbocycles. The zero-order valence-corrected chi connectivity index (χ0v) is 19.5. The Morgan fingerprint density at radius 3 is 2.36 bits per heavy atom. The van der Waals surface area contributed by atoms with Crippen LogP contribution < -0.4 is 0 Å². The minimum atomic E-state index is -0.263. The molecule has 3 aromatic rings.